The Balaban J connectivity index is 0.000000423. The van der Waals surface area contributed by atoms with Gasteiger partial charge in [0.2, 0.25) is 0 Å². The van der Waals surface area contributed by atoms with Crippen molar-refractivity contribution in [3.8, 4) is 0 Å². The van der Waals surface area contributed by atoms with Crippen LogP contribution in [0.5, 0.6) is 0 Å². The summed E-state index contributed by atoms with van der Waals surface area (Å²) in [5, 5.41) is 8.92. The first-order chi connectivity index (χ1) is 7.06. The van der Waals surface area contributed by atoms with Crippen molar-refractivity contribution in [1.82, 2.24) is 9.80 Å². The van der Waals surface area contributed by atoms with Crippen LogP contribution in [0.4, 0.5) is 0 Å². The van der Waals surface area contributed by atoms with Crippen LogP contribution in [0.3, 0.4) is 0 Å². The number of carbonyl (C=O) groups excluding carboxylic acids is 1. The summed E-state index contributed by atoms with van der Waals surface area (Å²) in [4.78, 5) is 14.6. The third-order valence-electron chi connectivity index (χ3n) is 2.42. The molecule has 90 valence electrons. The van der Waals surface area contributed by atoms with Crippen LogP contribution in [0.1, 0.15) is 19.8 Å². The van der Waals surface area contributed by atoms with Crippen LogP contribution in [0, 0.1) is 0 Å². The molecule has 4 nitrogen and oxygen atoms in total. The summed E-state index contributed by atoms with van der Waals surface area (Å²) in [5.74, 6) is 0. The molecule has 15 heavy (non-hydrogen) atoms. The minimum absolute atomic E-state index is 0.0529. The van der Waals surface area contributed by atoms with Crippen LogP contribution in [0.2, 0.25) is 0 Å². The fourth-order valence-electron chi connectivity index (χ4n) is 1.80. The lowest BCUT2D eigenvalue weighted by Gasteiger charge is -2.23. The van der Waals surface area contributed by atoms with E-state index in [1.807, 2.05) is 33.0 Å². The van der Waals surface area contributed by atoms with Gasteiger partial charge in [0.15, 0.2) is 0 Å². The molecule has 1 saturated heterocycles. The molecule has 2 atom stereocenters. The topological polar surface area (TPSA) is 43.8 Å². The summed E-state index contributed by atoms with van der Waals surface area (Å²) in [5.41, 5.74) is 0. The number of nitrogens with zero attached hydrogens (tertiary/aromatic N) is 2. The quantitative estimate of drug-likeness (QED) is 0.685. The Morgan fingerprint density at radius 3 is 2.27 bits per heavy atom. The van der Waals surface area contributed by atoms with Gasteiger partial charge in [-0.15, -0.1) is 0 Å². The maximum Gasteiger partial charge on any atom is 0.137 e. The smallest absolute Gasteiger partial charge is 0.137 e. The number of aliphatic hydroxyl groups excluding tert-OH is 1. The number of rotatable bonds is 3. The van der Waals surface area contributed by atoms with Gasteiger partial charge >= 0.3 is 0 Å². The molecule has 1 aliphatic rings. The first-order valence-corrected chi connectivity index (χ1v) is 5.49. The summed E-state index contributed by atoms with van der Waals surface area (Å²) >= 11 is 0. The van der Waals surface area contributed by atoms with Gasteiger partial charge < -0.3 is 14.8 Å². The highest BCUT2D eigenvalue weighted by atomic mass is 16.3. The highest BCUT2D eigenvalue weighted by molar-refractivity contribution is 5.58. The van der Waals surface area contributed by atoms with Crippen LogP contribution in [0.25, 0.3) is 0 Å². The average molecular weight is 216 g/mol. The van der Waals surface area contributed by atoms with Crippen LogP contribution in [-0.4, -0.2) is 67.6 Å². The van der Waals surface area contributed by atoms with E-state index in [0.29, 0.717) is 0 Å². The zero-order valence-electron chi connectivity index (χ0n) is 10.3. The van der Waals surface area contributed by atoms with E-state index < -0.39 is 0 Å². The Morgan fingerprint density at radius 2 is 1.93 bits per heavy atom. The molecule has 1 fully saturated rings. The van der Waals surface area contributed by atoms with E-state index in [1.165, 1.54) is 0 Å². The molecular weight excluding hydrogens is 192 g/mol. The number of aliphatic hydroxyl groups is 1. The molecule has 0 saturated carbocycles. The molecule has 0 bridgehead atoms. The first-order valence-electron chi connectivity index (χ1n) is 5.49. The Labute approximate surface area is 92.9 Å². The monoisotopic (exact) mass is 216 g/mol. The fourth-order valence-corrected chi connectivity index (χ4v) is 1.80. The van der Waals surface area contributed by atoms with Gasteiger partial charge in [-0.1, -0.05) is 6.92 Å². The lowest BCUT2D eigenvalue weighted by molar-refractivity contribution is -0.112. The molecule has 0 aromatic carbocycles. The van der Waals surface area contributed by atoms with Crippen molar-refractivity contribution in [3.05, 3.63) is 0 Å². The van der Waals surface area contributed by atoms with Crippen LogP contribution < -0.4 is 0 Å². The van der Waals surface area contributed by atoms with Crippen molar-refractivity contribution in [3.63, 3.8) is 0 Å². The number of likely N-dealkylation sites (N-methyl/N-ethyl adjacent to an activating group) is 1. The van der Waals surface area contributed by atoms with Crippen molar-refractivity contribution in [1.29, 1.82) is 0 Å². The molecule has 0 amide bonds. The third kappa shape index (κ3) is 5.25. The Bertz CT molecular complexity index is 171. The molecule has 1 rings (SSSR count). The molecule has 0 spiro atoms. The van der Waals surface area contributed by atoms with Gasteiger partial charge in [-0.25, -0.2) is 0 Å². The number of aldehydes is 1. The zero-order valence-corrected chi connectivity index (χ0v) is 10.3. The van der Waals surface area contributed by atoms with Gasteiger partial charge in [-0.05, 0) is 40.5 Å². The maximum atomic E-state index is 10.5. The second-order valence-electron chi connectivity index (χ2n) is 4.29. The van der Waals surface area contributed by atoms with Gasteiger partial charge in [-0.3, -0.25) is 4.90 Å². The highest BCUT2D eigenvalue weighted by Crippen LogP contribution is 2.21. The Hall–Kier alpha value is -0.450. The first kappa shape index (κ1) is 14.6. The number of hydrogen-bond donors (Lipinski definition) is 1. The summed E-state index contributed by atoms with van der Waals surface area (Å²) in [6.07, 6.45) is 2.84. The van der Waals surface area contributed by atoms with E-state index in [0.717, 1.165) is 25.7 Å². The van der Waals surface area contributed by atoms with Crippen molar-refractivity contribution >= 4 is 6.29 Å². The van der Waals surface area contributed by atoms with Gasteiger partial charge in [0, 0.05) is 6.04 Å². The van der Waals surface area contributed by atoms with E-state index in [1.54, 1.807) is 0 Å². The standard InChI is InChI=1S/C8H15NO2.C3H9N/c1-2-9-7(5-10)3-4-8(9)6-11;1-4(2)3/h5,7-8,11H,2-4,6H2,1H3;1-3H3. The molecule has 0 radical (unpaired) electrons. The number of likely N-dealkylation sites (tertiary alicyclic amines) is 1. The summed E-state index contributed by atoms with van der Waals surface area (Å²) in [6, 6.07) is 0.271. The predicted octanol–water partition coefficient (Wildman–Crippen LogP) is 0.208. The Kier molecular flexibility index (Phi) is 7.56. The molecule has 0 aromatic heterocycles. The van der Waals surface area contributed by atoms with E-state index in [2.05, 4.69) is 4.90 Å². The zero-order chi connectivity index (χ0) is 11.8. The van der Waals surface area contributed by atoms with Gasteiger partial charge in [0.05, 0.1) is 12.6 Å². The largest absolute Gasteiger partial charge is 0.395 e. The van der Waals surface area contributed by atoms with Crippen LogP contribution >= 0.6 is 0 Å². The van der Waals surface area contributed by atoms with E-state index in [9.17, 15) is 4.79 Å². The molecule has 0 aliphatic carbocycles. The lowest BCUT2D eigenvalue weighted by atomic mass is 10.2. The van der Waals surface area contributed by atoms with Crippen LogP contribution in [-0.2, 0) is 4.79 Å². The van der Waals surface area contributed by atoms with Gasteiger partial charge in [0.25, 0.3) is 0 Å². The lowest BCUT2D eigenvalue weighted by Crippen LogP contribution is -2.38. The Morgan fingerprint density at radius 1 is 1.40 bits per heavy atom. The highest BCUT2D eigenvalue weighted by Gasteiger charge is 2.30. The molecule has 1 heterocycles. The fraction of sp³-hybridized carbons (Fsp3) is 0.909. The SMILES string of the molecule is CCN1C(C=O)CCC1CO.CN(C)C. The second-order valence-corrected chi connectivity index (χ2v) is 4.29. The maximum absolute atomic E-state index is 10.5. The molecule has 4 heteroatoms. The molecule has 2 unspecified atom stereocenters. The summed E-state index contributed by atoms with van der Waals surface area (Å²) < 4.78 is 0. The minimum atomic E-state index is 0.0529. The molecule has 0 aromatic rings. The summed E-state index contributed by atoms with van der Waals surface area (Å²) in [6.45, 7) is 3.05. The van der Waals surface area contributed by atoms with Gasteiger partial charge in [0.1, 0.15) is 6.29 Å². The predicted molar refractivity (Wildman–Crippen MR) is 62.0 cm³/mol. The van der Waals surface area contributed by atoms with Crippen molar-refractivity contribution in [2.45, 2.75) is 31.8 Å². The van der Waals surface area contributed by atoms with Crippen LogP contribution in [0.15, 0.2) is 0 Å². The van der Waals surface area contributed by atoms with E-state index in [4.69, 9.17) is 5.11 Å². The van der Waals surface area contributed by atoms with E-state index in [-0.39, 0.29) is 18.7 Å². The third-order valence-corrected chi connectivity index (χ3v) is 2.42. The molecule has 1 aliphatic heterocycles. The minimum Gasteiger partial charge on any atom is -0.395 e. The number of hydrogen-bond acceptors (Lipinski definition) is 4. The second kappa shape index (κ2) is 7.79. The molecular formula is C11H24N2O2. The van der Waals surface area contributed by atoms with Crippen molar-refractivity contribution < 1.29 is 9.90 Å². The molecule has 1 N–H and O–H groups in total. The normalized spacial score (nSPS) is 26.3. The van der Waals surface area contributed by atoms with Gasteiger partial charge in [-0.2, -0.15) is 0 Å². The van der Waals surface area contributed by atoms with Crippen molar-refractivity contribution in [2.24, 2.45) is 0 Å². The average Bonchev–Trinajstić information content (AvgIpc) is 2.58. The summed E-state index contributed by atoms with van der Waals surface area (Å²) in [7, 11) is 6.00. The number of carbonyl (C=O) groups is 1. The van der Waals surface area contributed by atoms with E-state index >= 15 is 0 Å². The van der Waals surface area contributed by atoms with Crippen molar-refractivity contribution in [2.75, 3.05) is 34.3 Å².